The van der Waals surface area contributed by atoms with Crippen LogP contribution in [0.25, 0.3) is 0 Å². The smallest absolute Gasteiger partial charge is 0.271 e. The molecular formula is C11H14N2O6S. The summed E-state index contributed by atoms with van der Waals surface area (Å²) < 4.78 is 31.7. The van der Waals surface area contributed by atoms with Gasteiger partial charge in [0.1, 0.15) is 10.6 Å². The van der Waals surface area contributed by atoms with E-state index in [1.807, 2.05) is 0 Å². The minimum absolute atomic E-state index is 0.0305. The zero-order valence-electron chi connectivity index (χ0n) is 10.6. The van der Waals surface area contributed by atoms with E-state index in [9.17, 15) is 18.5 Å². The van der Waals surface area contributed by atoms with Gasteiger partial charge in [-0.2, -0.15) is 0 Å². The van der Waals surface area contributed by atoms with Gasteiger partial charge in [-0.3, -0.25) is 10.1 Å². The van der Waals surface area contributed by atoms with Crippen LogP contribution in [0.4, 0.5) is 5.69 Å². The molecule has 8 nitrogen and oxygen atoms in total. The molecule has 0 atom stereocenters. The molecule has 1 aliphatic rings. The molecule has 0 radical (unpaired) electrons. The van der Waals surface area contributed by atoms with Crippen LogP contribution in [0.5, 0.6) is 5.75 Å². The predicted molar refractivity (Wildman–Crippen MR) is 69.0 cm³/mol. The molecule has 20 heavy (non-hydrogen) atoms. The second-order valence-corrected chi connectivity index (χ2v) is 6.22. The molecule has 1 aromatic carbocycles. The second-order valence-electron chi connectivity index (χ2n) is 4.54. The highest BCUT2D eigenvalue weighted by atomic mass is 32.2. The van der Waals surface area contributed by atoms with Gasteiger partial charge in [-0.25, -0.2) is 13.1 Å². The summed E-state index contributed by atoms with van der Waals surface area (Å²) in [5.41, 5.74) is -0.334. The molecule has 110 valence electrons. The first-order chi connectivity index (χ1) is 9.33. The van der Waals surface area contributed by atoms with Crippen LogP contribution in [0.1, 0.15) is 12.8 Å². The van der Waals surface area contributed by atoms with E-state index in [1.165, 1.54) is 19.2 Å². The Hall–Kier alpha value is -1.71. The van der Waals surface area contributed by atoms with Gasteiger partial charge in [0.25, 0.3) is 5.69 Å². The Balaban J connectivity index is 2.33. The van der Waals surface area contributed by atoms with Gasteiger partial charge >= 0.3 is 0 Å². The lowest BCUT2D eigenvalue weighted by molar-refractivity contribution is -0.385. The molecule has 1 fully saturated rings. The van der Waals surface area contributed by atoms with Crippen LogP contribution >= 0.6 is 0 Å². The summed E-state index contributed by atoms with van der Waals surface area (Å²) in [5, 5.41) is 19.9. The van der Waals surface area contributed by atoms with Crippen molar-refractivity contribution >= 4 is 15.7 Å². The molecule has 0 amide bonds. The molecule has 0 aliphatic heterocycles. The van der Waals surface area contributed by atoms with Gasteiger partial charge in [-0.05, 0) is 18.9 Å². The summed E-state index contributed by atoms with van der Waals surface area (Å²) in [6, 6.07) is 3.00. The fourth-order valence-corrected chi connectivity index (χ4v) is 3.41. The number of benzene rings is 1. The van der Waals surface area contributed by atoms with Crippen LogP contribution in [0.15, 0.2) is 23.1 Å². The molecule has 1 aliphatic carbocycles. The van der Waals surface area contributed by atoms with Crippen molar-refractivity contribution in [2.24, 2.45) is 0 Å². The van der Waals surface area contributed by atoms with E-state index >= 15 is 0 Å². The van der Waals surface area contributed by atoms with Crippen molar-refractivity contribution in [1.82, 2.24) is 4.72 Å². The highest BCUT2D eigenvalue weighted by Gasteiger charge is 2.33. The standard InChI is InChI=1S/C11H14N2O6S/c1-19-10-3-2-8(13(15)16)6-11(10)20(17,18)12-7-4-9(14)5-7/h2-3,6-7,9,12,14H,4-5H2,1H3. The highest BCUT2D eigenvalue weighted by molar-refractivity contribution is 7.89. The third-order valence-corrected chi connectivity index (χ3v) is 4.62. The number of nitrogens with zero attached hydrogens (tertiary/aromatic N) is 1. The highest BCUT2D eigenvalue weighted by Crippen LogP contribution is 2.29. The number of sulfonamides is 1. The van der Waals surface area contributed by atoms with Gasteiger partial charge in [-0.15, -0.1) is 0 Å². The van der Waals surface area contributed by atoms with Crippen molar-refractivity contribution in [1.29, 1.82) is 0 Å². The van der Waals surface area contributed by atoms with E-state index in [0.29, 0.717) is 12.8 Å². The Kier molecular flexibility index (Phi) is 3.93. The summed E-state index contributed by atoms with van der Waals surface area (Å²) in [5.74, 6) is 0.0305. The number of nitro groups is 1. The minimum atomic E-state index is -3.93. The summed E-state index contributed by atoms with van der Waals surface area (Å²) in [6.07, 6.45) is 0.155. The number of ether oxygens (including phenoxy) is 1. The minimum Gasteiger partial charge on any atom is -0.495 e. The first kappa shape index (κ1) is 14.7. The van der Waals surface area contributed by atoms with E-state index in [2.05, 4.69) is 4.72 Å². The van der Waals surface area contributed by atoms with Gasteiger partial charge in [0.05, 0.1) is 18.1 Å². The third kappa shape index (κ3) is 2.89. The number of non-ortho nitro benzene ring substituents is 1. The van der Waals surface area contributed by atoms with Crippen molar-refractivity contribution in [2.75, 3.05) is 7.11 Å². The molecule has 0 bridgehead atoms. The molecule has 0 heterocycles. The summed E-state index contributed by atoms with van der Waals surface area (Å²) in [4.78, 5) is 9.77. The normalized spacial score (nSPS) is 22.1. The monoisotopic (exact) mass is 302 g/mol. The van der Waals surface area contributed by atoms with Crippen molar-refractivity contribution < 1.29 is 23.2 Å². The number of nitrogens with one attached hydrogen (secondary N) is 1. The van der Waals surface area contributed by atoms with Crippen molar-refractivity contribution in [3.05, 3.63) is 28.3 Å². The Morgan fingerprint density at radius 1 is 1.45 bits per heavy atom. The molecule has 1 aromatic rings. The Labute approximate surface area is 115 Å². The lowest BCUT2D eigenvalue weighted by Gasteiger charge is -2.31. The third-order valence-electron chi connectivity index (χ3n) is 3.08. The van der Waals surface area contributed by atoms with Gasteiger partial charge in [0.2, 0.25) is 10.0 Å². The number of rotatable bonds is 5. The van der Waals surface area contributed by atoms with E-state index in [0.717, 1.165) is 6.07 Å². The topological polar surface area (TPSA) is 119 Å². The number of hydrogen-bond donors (Lipinski definition) is 2. The van der Waals surface area contributed by atoms with Crippen LogP contribution in [0, 0.1) is 10.1 Å². The lowest BCUT2D eigenvalue weighted by atomic mass is 9.91. The molecule has 9 heteroatoms. The van der Waals surface area contributed by atoms with E-state index in [-0.39, 0.29) is 22.4 Å². The molecular weight excluding hydrogens is 288 g/mol. The number of aliphatic hydroxyl groups is 1. The van der Waals surface area contributed by atoms with Gasteiger partial charge in [0, 0.05) is 18.2 Å². The number of aliphatic hydroxyl groups excluding tert-OH is 1. The summed E-state index contributed by atoms with van der Waals surface area (Å²) in [7, 11) is -2.65. The van der Waals surface area contributed by atoms with Gasteiger partial charge in [0.15, 0.2) is 0 Å². The van der Waals surface area contributed by atoms with Crippen LogP contribution in [-0.2, 0) is 10.0 Å². The Morgan fingerprint density at radius 2 is 2.10 bits per heavy atom. The number of nitro benzene ring substituents is 1. The van der Waals surface area contributed by atoms with E-state index < -0.39 is 21.1 Å². The van der Waals surface area contributed by atoms with E-state index in [4.69, 9.17) is 9.84 Å². The van der Waals surface area contributed by atoms with Crippen LogP contribution in [0.3, 0.4) is 0 Å². The number of hydrogen-bond acceptors (Lipinski definition) is 6. The van der Waals surface area contributed by atoms with Gasteiger partial charge in [-0.1, -0.05) is 0 Å². The molecule has 1 saturated carbocycles. The summed E-state index contributed by atoms with van der Waals surface area (Å²) in [6.45, 7) is 0. The maximum absolute atomic E-state index is 12.2. The fraction of sp³-hybridized carbons (Fsp3) is 0.455. The molecule has 0 saturated heterocycles. The molecule has 2 rings (SSSR count). The lowest BCUT2D eigenvalue weighted by Crippen LogP contribution is -2.46. The largest absolute Gasteiger partial charge is 0.495 e. The molecule has 0 spiro atoms. The Morgan fingerprint density at radius 3 is 2.60 bits per heavy atom. The fourth-order valence-electron chi connectivity index (χ4n) is 1.96. The van der Waals surface area contributed by atoms with Crippen LogP contribution < -0.4 is 9.46 Å². The average Bonchev–Trinajstić information content (AvgIpc) is 2.35. The number of methoxy groups -OCH3 is 1. The molecule has 0 aromatic heterocycles. The maximum Gasteiger partial charge on any atom is 0.271 e. The second kappa shape index (κ2) is 5.35. The predicted octanol–water partition coefficient (Wildman–Crippen LogP) is 0.405. The quantitative estimate of drug-likeness (QED) is 0.600. The van der Waals surface area contributed by atoms with E-state index in [1.54, 1.807) is 0 Å². The average molecular weight is 302 g/mol. The van der Waals surface area contributed by atoms with Crippen LogP contribution in [0.2, 0.25) is 0 Å². The van der Waals surface area contributed by atoms with Gasteiger partial charge < -0.3 is 9.84 Å². The van der Waals surface area contributed by atoms with Crippen LogP contribution in [-0.4, -0.2) is 37.7 Å². The SMILES string of the molecule is COc1ccc([N+](=O)[O-])cc1S(=O)(=O)NC1CC(O)C1. The molecule has 0 unspecified atom stereocenters. The van der Waals surface area contributed by atoms with Crippen molar-refractivity contribution in [3.63, 3.8) is 0 Å². The zero-order valence-corrected chi connectivity index (χ0v) is 11.5. The first-order valence-corrected chi connectivity index (χ1v) is 7.34. The first-order valence-electron chi connectivity index (χ1n) is 5.86. The Bertz CT molecular complexity index is 624. The van der Waals surface area contributed by atoms with Crippen molar-refractivity contribution in [2.45, 2.75) is 29.9 Å². The maximum atomic E-state index is 12.2. The summed E-state index contributed by atoms with van der Waals surface area (Å²) >= 11 is 0. The molecule has 2 N–H and O–H groups in total. The van der Waals surface area contributed by atoms with Crippen molar-refractivity contribution in [3.8, 4) is 5.75 Å². The zero-order chi connectivity index (χ0) is 14.9.